The number of carbonyl (C=O) groups is 1. The van der Waals surface area contributed by atoms with Gasteiger partial charge in [0.1, 0.15) is 0 Å². The monoisotopic (exact) mass is 235 g/mol. The van der Waals surface area contributed by atoms with Gasteiger partial charge in [-0.3, -0.25) is 4.79 Å². The second-order valence-electron chi connectivity index (χ2n) is 4.14. The predicted octanol–water partition coefficient (Wildman–Crippen LogP) is 2.11. The summed E-state index contributed by atoms with van der Waals surface area (Å²) in [6.07, 6.45) is 1.17. The van der Waals surface area contributed by atoms with Crippen LogP contribution in [0.15, 0.2) is 0 Å². The molecule has 0 radical (unpaired) electrons. The van der Waals surface area contributed by atoms with E-state index in [1.54, 1.807) is 6.92 Å². The number of hydrogen-bond acceptors (Lipinski definition) is 3. The molecule has 0 spiro atoms. The Morgan fingerprint density at radius 2 is 2.06 bits per heavy atom. The fraction of sp³-hybridized carbons (Fsp3) is 0.909. The van der Waals surface area contributed by atoms with E-state index in [1.807, 2.05) is 0 Å². The van der Waals surface area contributed by atoms with Crippen LogP contribution >= 0.6 is 0 Å². The molecule has 0 saturated heterocycles. The average molecular weight is 235 g/mol. The number of rotatable bonds is 5. The molecule has 0 atom stereocenters. The van der Waals surface area contributed by atoms with E-state index in [9.17, 15) is 13.6 Å². The molecule has 1 rings (SSSR count). The van der Waals surface area contributed by atoms with Crippen molar-refractivity contribution in [1.82, 2.24) is 5.32 Å². The van der Waals surface area contributed by atoms with Crippen LogP contribution in [0.4, 0.5) is 8.78 Å². The van der Waals surface area contributed by atoms with E-state index < -0.39 is 5.92 Å². The van der Waals surface area contributed by atoms with Gasteiger partial charge in [0.05, 0.1) is 13.0 Å². The van der Waals surface area contributed by atoms with Gasteiger partial charge in [-0.25, -0.2) is 8.78 Å². The van der Waals surface area contributed by atoms with Crippen LogP contribution in [0.5, 0.6) is 0 Å². The normalized spacial score (nSPS) is 20.7. The third-order valence-electron chi connectivity index (χ3n) is 2.78. The zero-order valence-electron chi connectivity index (χ0n) is 9.60. The third kappa shape index (κ3) is 4.88. The first-order valence-electron chi connectivity index (χ1n) is 5.80. The van der Waals surface area contributed by atoms with Gasteiger partial charge in [-0.1, -0.05) is 0 Å². The average Bonchev–Trinajstić information content (AvgIpc) is 2.21. The molecule has 0 bridgehead atoms. The number of esters is 1. The van der Waals surface area contributed by atoms with E-state index in [4.69, 9.17) is 4.74 Å². The van der Waals surface area contributed by atoms with E-state index in [1.165, 1.54) is 0 Å². The van der Waals surface area contributed by atoms with Gasteiger partial charge in [0.2, 0.25) is 5.92 Å². The fourth-order valence-corrected chi connectivity index (χ4v) is 1.86. The molecule has 94 valence electrons. The minimum Gasteiger partial charge on any atom is -0.466 e. The molecule has 1 aliphatic carbocycles. The third-order valence-corrected chi connectivity index (χ3v) is 2.78. The Morgan fingerprint density at radius 1 is 1.44 bits per heavy atom. The van der Waals surface area contributed by atoms with Crippen molar-refractivity contribution < 1.29 is 18.3 Å². The van der Waals surface area contributed by atoms with Crippen molar-refractivity contribution in [1.29, 1.82) is 0 Å². The van der Waals surface area contributed by atoms with Gasteiger partial charge in [-0.2, -0.15) is 0 Å². The summed E-state index contributed by atoms with van der Waals surface area (Å²) in [5.41, 5.74) is 0. The van der Waals surface area contributed by atoms with Gasteiger partial charge in [-0.05, 0) is 19.8 Å². The lowest BCUT2D eigenvalue weighted by Crippen LogP contribution is -2.38. The maximum atomic E-state index is 12.8. The van der Waals surface area contributed by atoms with Crippen LogP contribution in [0.25, 0.3) is 0 Å². The van der Waals surface area contributed by atoms with Crippen LogP contribution in [0.2, 0.25) is 0 Å². The van der Waals surface area contributed by atoms with E-state index in [0.29, 0.717) is 32.4 Å². The minimum atomic E-state index is -2.49. The van der Waals surface area contributed by atoms with Crippen molar-refractivity contribution in [2.24, 2.45) is 0 Å². The van der Waals surface area contributed by atoms with Crippen LogP contribution in [-0.2, 0) is 9.53 Å². The molecular formula is C11H19F2NO2. The summed E-state index contributed by atoms with van der Waals surface area (Å²) in [6, 6.07) is 0.119. The number of carbonyl (C=O) groups excluding carboxylic acids is 1. The molecule has 0 heterocycles. The van der Waals surface area contributed by atoms with Gasteiger partial charge in [0.15, 0.2) is 0 Å². The maximum Gasteiger partial charge on any atom is 0.307 e. The first kappa shape index (κ1) is 13.4. The largest absolute Gasteiger partial charge is 0.466 e. The smallest absolute Gasteiger partial charge is 0.307 e. The van der Waals surface area contributed by atoms with E-state index >= 15 is 0 Å². The fourth-order valence-electron chi connectivity index (χ4n) is 1.86. The van der Waals surface area contributed by atoms with Crippen molar-refractivity contribution in [2.75, 3.05) is 13.2 Å². The Morgan fingerprint density at radius 3 is 2.62 bits per heavy atom. The maximum absolute atomic E-state index is 12.8. The molecule has 0 aromatic rings. The van der Waals surface area contributed by atoms with Crippen LogP contribution in [0.1, 0.15) is 39.0 Å². The van der Waals surface area contributed by atoms with Gasteiger partial charge < -0.3 is 10.1 Å². The van der Waals surface area contributed by atoms with Gasteiger partial charge in [0.25, 0.3) is 0 Å². The highest BCUT2D eigenvalue weighted by Gasteiger charge is 2.34. The number of alkyl halides is 2. The topological polar surface area (TPSA) is 38.3 Å². The lowest BCUT2D eigenvalue weighted by molar-refractivity contribution is -0.143. The van der Waals surface area contributed by atoms with E-state index in [2.05, 4.69) is 5.32 Å². The molecule has 0 unspecified atom stereocenters. The second kappa shape index (κ2) is 6.13. The standard InChI is InChI=1S/C11H19F2NO2/c1-2-16-10(15)5-8-14-9-3-6-11(12,13)7-4-9/h9,14H,2-8H2,1H3. The zero-order valence-corrected chi connectivity index (χ0v) is 9.60. The summed E-state index contributed by atoms with van der Waals surface area (Å²) in [6.45, 7) is 2.65. The van der Waals surface area contributed by atoms with Crippen molar-refractivity contribution in [3.8, 4) is 0 Å². The summed E-state index contributed by atoms with van der Waals surface area (Å²) in [4.78, 5) is 11.0. The molecular weight excluding hydrogens is 216 g/mol. The van der Waals surface area contributed by atoms with E-state index in [0.717, 1.165) is 0 Å². The lowest BCUT2D eigenvalue weighted by atomic mass is 9.92. The van der Waals surface area contributed by atoms with Crippen molar-refractivity contribution in [3.63, 3.8) is 0 Å². The molecule has 3 nitrogen and oxygen atoms in total. The SMILES string of the molecule is CCOC(=O)CCNC1CCC(F)(F)CC1. The molecule has 0 aromatic heterocycles. The first-order valence-corrected chi connectivity index (χ1v) is 5.80. The van der Waals surface area contributed by atoms with E-state index in [-0.39, 0.29) is 24.9 Å². The first-order chi connectivity index (χ1) is 7.53. The van der Waals surface area contributed by atoms with Crippen molar-refractivity contribution in [2.45, 2.75) is 51.0 Å². The molecule has 5 heteroatoms. The Bertz CT molecular complexity index is 224. The highest BCUT2D eigenvalue weighted by molar-refractivity contribution is 5.69. The Balaban J connectivity index is 2.09. The number of nitrogens with one attached hydrogen (secondary N) is 1. The number of halogens is 2. The van der Waals surface area contributed by atoms with Crippen LogP contribution in [-0.4, -0.2) is 31.1 Å². The van der Waals surface area contributed by atoms with Gasteiger partial charge in [0, 0.05) is 25.4 Å². The molecule has 16 heavy (non-hydrogen) atoms. The van der Waals surface area contributed by atoms with Crippen molar-refractivity contribution >= 4 is 5.97 Å². The van der Waals surface area contributed by atoms with Gasteiger partial charge in [-0.15, -0.1) is 0 Å². The molecule has 1 fully saturated rings. The highest BCUT2D eigenvalue weighted by Crippen LogP contribution is 2.32. The molecule has 1 N–H and O–H groups in total. The predicted molar refractivity (Wildman–Crippen MR) is 56.5 cm³/mol. The zero-order chi connectivity index (χ0) is 12.0. The summed E-state index contributed by atoms with van der Waals surface area (Å²) in [5, 5.41) is 3.11. The Kier molecular flexibility index (Phi) is 5.12. The minimum absolute atomic E-state index is 0.0515. The molecule has 0 aliphatic heterocycles. The lowest BCUT2D eigenvalue weighted by Gasteiger charge is -2.28. The molecule has 1 saturated carbocycles. The van der Waals surface area contributed by atoms with Crippen LogP contribution in [0, 0.1) is 0 Å². The number of ether oxygens (including phenoxy) is 1. The highest BCUT2D eigenvalue weighted by atomic mass is 19.3. The second-order valence-corrected chi connectivity index (χ2v) is 4.14. The van der Waals surface area contributed by atoms with Crippen LogP contribution in [0.3, 0.4) is 0 Å². The Labute approximate surface area is 94.5 Å². The molecule has 1 aliphatic rings. The number of hydrogen-bond donors (Lipinski definition) is 1. The molecule has 0 aromatic carbocycles. The quantitative estimate of drug-likeness (QED) is 0.742. The summed E-state index contributed by atoms with van der Waals surface area (Å²) in [5.74, 6) is -2.73. The molecule has 0 amide bonds. The summed E-state index contributed by atoms with van der Waals surface area (Å²) < 4.78 is 30.4. The Hall–Kier alpha value is -0.710. The summed E-state index contributed by atoms with van der Waals surface area (Å²) >= 11 is 0. The van der Waals surface area contributed by atoms with Gasteiger partial charge >= 0.3 is 5.97 Å². The van der Waals surface area contributed by atoms with Crippen molar-refractivity contribution in [3.05, 3.63) is 0 Å². The summed E-state index contributed by atoms with van der Waals surface area (Å²) in [7, 11) is 0. The van der Waals surface area contributed by atoms with Crippen LogP contribution < -0.4 is 5.32 Å².